The summed E-state index contributed by atoms with van der Waals surface area (Å²) in [5.74, 6) is 0.116. The predicted octanol–water partition coefficient (Wildman–Crippen LogP) is 4.03. The van der Waals surface area contributed by atoms with E-state index >= 15 is 0 Å². The standard InChI is InChI=1S/C27H34N6O3S/c1-16-4-6-21(33(15-16)27(35)25(34)30-19-13-22(36-3)24(28)29-14-19)18-5-7-23-20(12-18)31-26(37-23)17-8-10-32(2)11-9-17/h5,7,12-14,16-17,21H,4,6,8-11,15H2,1-3H3,(H2,28,29)(H,30,34)/t16-,21+/m0/s1. The molecule has 3 N–H and O–H groups in total. The number of hydrogen-bond acceptors (Lipinski definition) is 8. The number of anilines is 2. The molecule has 10 heteroatoms. The molecule has 37 heavy (non-hydrogen) atoms. The molecule has 0 aliphatic carbocycles. The minimum absolute atomic E-state index is 0.175. The predicted molar refractivity (Wildman–Crippen MR) is 146 cm³/mol. The van der Waals surface area contributed by atoms with Crippen molar-refractivity contribution < 1.29 is 14.3 Å². The number of pyridine rings is 1. The maximum atomic E-state index is 13.4. The van der Waals surface area contributed by atoms with Crippen molar-refractivity contribution in [1.29, 1.82) is 0 Å². The molecule has 2 aliphatic heterocycles. The SMILES string of the molecule is COc1cc(NC(=O)C(=O)N2C[C@@H](C)CC[C@@H]2c2ccc3sc(C4CCN(C)CC4)nc3c2)cnc1N. The molecule has 0 saturated carbocycles. The average Bonchev–Trinajstić information content (AvgIpc) is 3.33. The van der Waals surface area contributed by atoms with Crippen LogP contribution < -0.4 is 15.8 Å². The largest absolute Gasteiger partial charge is 0.493 e. The normalized spacial score (nSPS) is 21.2. The number of rotatable bonds is 4. The van der Waals surface area contributed by atoms with Crippen molar-refractivity contribution in [3.8, 4) is 5.75 Å². The van der Waals surface area contributed by atoms with Crippen LogP contribution in [0.5, 0.6) is 5.75 Å². The van der Waals surface area contributed by atoms with E-state index in [1.165, 1.54) is 23.0 Å². The van der Waals surface area contributed by atoms with Crippen LogP contribution in [0.3, 0.4) is 0 Å². The van der Waals surface area contributed by atoms with Crippen LogP contribution in [-0.4, -0.2) is 65.4 Å². The Bertz CT molecular complexity index is 1300. The van der Waals surface area contributed by atoms with Gasteiger partial charge in [0.2, 0.25) is 0 Å². The molecule has 0 radical (unpaired) electrons. The zero-order valence-electron chi connectivity index (χ0n) is 21.6. The van der Waals surface area contributed by atoms with Crippen LogP contribution in [0.2, 0.25) is 0 Å². The first-order chi connectivity index (χ1) is 17.8. The number of aromatic nitrogens is 2. The van der Waals surface area contributed by atoms with E-state index in [2.05, 4.69) is 47.4 Å². The number of amides is 2. The molecule has 5 rings (SSSR count). The van der Waals surface area contributed by atoms with Crippen molar-refractivity contribution in [1.82, 2.24) is 19.8 Å². The number of hydrogen-bond donors (Lipinski definition) is 2. The summed E-state index contributed by atoms with van der Waals surface area (Å²) in [4.78, 5) is 39.5. The maximum absolute atomic E-state index is 13.4. The highest BCUT2D eigenvalue weighted by Gasteiger charge is 2.34. The first-order valence-electron chi connectivity index (χ1n) is 12.8. The molecule has 0 unspecified atom stereocenters. The van der Waals surface area contributed by atoms with E-state index < -0.39 is 11.8 Å². The van der Waals surface area contributed by atoms with Crippen LogP contribution in [0.4, 0.5) is 11.5 Å². The Kier molecular flexibility index (Phi) is 7.30. The third-order valence-corrected chi connectivity index (χ3v) is 8.71. The van der Waals surface area contributed by atoms with E-state index in [1.54, 1.807) is 22.3 Å². The maximum Gasteiger partial charge on any atom is 0.313 e. The zero-order chi connectivity index (χ0) is 26.1. The second-order valence-electron chi connectivity index (χ2n) is 10.3. The van der Waals surface area contributed by atoms with Crippen LogP contribution in [0.15, 0.2) is 30.5 Å². The fourth-order valence-corrected chi connectivity index (χ4v) is 6.44. The summed E-state index contributed by atoms with van der Waals surface area (Å²) in [6, 6.07) is 7.70. The number of nitrogens with zero attached hydrogens (tertiary/aromatic N) is 4. The van der Waals surface area contributed by atoms with E-state index in [9.17, 15) is 9.59 Å². The number of methoxy groups -OCH3 is 1. The summed E-state index contributed by atoms with van der Waals surface area (Å²) >= 11 is 1.78. The summed E-state index contributed by atoms with van der Waals surface area (Å²) in [5, 5.41) is 3.86. The molecule has 2 fully saturated rings. The molecular formula is C27H34N6O3S. The molecule has 0 bridgehead atoms. The van der Waals surface area contributed by atoms with Gasteiger partial charge in [-0.3, -0.25) is 9.59 Å². The second-order valence-corrected chi connectivity index (χ2v) is 11.3. The summed E-state index contributed by atoms with van der Waals surface area (Å²) in [6.45, 7) is 4.84. The molecule has 9 nitrogen and oxygen atoms in total. The van der Waals surface area contributed by atoms with Crippen molar-refractivity contribution in [2.45, 2.75) is 44.6 Å². The van der Waals surface area contributed by atoms with Gasteiger partial charge in [-0.15, -0.1) is 11.3 Å². The van der Waals surface area contributed by atoms with Gasteiger partial charge in [-0.05, 0) is 69.4 Å². The molecular weight excluding hydrogens is 488 g/mol. The molecule has 0 spiro atoms. The summed E-state index contributed by atoms with van der Waals surface area (Å²) < 4.78 is 6.34. The molecule has 2 amide bonds. The van der Waals surface area contributed by atoms with Crippen LogP contribution in [0.1, 0.15) is 55.1 Å². The van der Waals surface area contributed by atoms with Crippen molar-refractivity contribution in [2.24, 2.45) is 5.92 Å². The van der Waals surface area contributed by atoms with Gasteiger partial charge in [0.25, 0.3) is 0 Å². The zero-order valence-corrected chi connectivity index (χ0v) is 22.4. The number of fused-ring (bicyclic) bond motifs is 1. The van der Waals surface area contributed by atoms with Gasteiger partial charge < -0.3 is 25.6 Å². The van der Waals surface area contributed by atoms with Gasteiger partial charge in [0.05, 0.1) is 40.3 Å². The number of nitrogen functional groups attached to an aromatic ring is 1. The number of nitrogens with one attached hydrogen (secondary N) is 1. The lowest BCUT2D eigenvalue weighted by Crippen LogP contribution is -2.46. The highest BCUT2D eigenvalue weighted by atomic mass is 32.1. The number of nitrogens with two attached hydrogens (primary N) is 1. The Morgan fingerprint density at radius 3 is 2.70 bits per heavy atom. The van der Waals surface area contributed by atoms with E-state index in [0.717, 1.165) is 49.9 Å². The van der Waals surface area contributed by atoms with E-state index in [0.29, 0.717) is 29.8 Å². The van der Waals surface area contributed by atoms with E-state index in [1.807, 2.05) is 0 Å². The first-order valence-corrected chi connectivity index (χ1v) is 13.6. The number of likely N-dealkylation sites (tertiary alicyclic amines) is 2. The minimum atomic E-state index is -0.702. The number of piperidine rings is 2. The summed E-state index contributed by atoms with van der Waals surface area (Å²) in [6.07, 6.45) is 5.48. The van der Waals surface area contributed by atoms with Crippen LogP contribution in [-0.2, 0) is 9.59 Å². The Balaban J connectivity index is 1.36. The fourth-order valence-electron chi connectivity index (χ4n) is 5.33. The fraction of sp³-hybridized carbons (Fsp3) is 0.481. The second kappa shape index (κ2) is 10.6. The van der Waals surface area contributed by atoms with Gasteiger partial charge in [-0.1, -0.05) is 13.0 Å². The average molecular weight is 523 g/mol. The summed E-state index contributed by atoms with van der Waals surface area (Å²) in [5.41, 5.74) is 8.12. The molecule has 2 saturated heterocycles. The smallest absolute Gasteiger partial charge is 0.313 e. The van der Waals surface area contributed by atoms with E-state index in [-0.39, 0.29) is 11.9 Å². The van der Waals surface area contributed by atoms with Gasteiger partial charge in [0, 0.05) is 18.5 Å². The van der Waals surface area contributed by atoms with Gasteiger partial charge in [0.1, 0.15) is 0 Å². The third kappa shape index (κ3) is 5.40. The Hall–Kier alpha value is -3.24. The molecule has 4 heterocycles. The lowest BCUT2D eigenvalue weighted by molar-refractivity contribution is -0.146. The molecule has 1 aromatic carbocycles. The van der Waals surface area contributed by atoms with Gasteiger partial charge >= 0.3 is 11.8 Å². The highest BCUT2D eigenvalue weighted by Crippen LogP contribution is 2.38. The Morgan fingerprint density at radius 2 is 1.95 bits per heavy atom. The quantitative estimate of drug-likeness (QED) is 0.497. The number of thiazole rings is 1. The monoisotopic (exact) mass is 522 g/mol. The van der Waals surface area contributed by atoms with Crippen molar-refractivity contribution >= 4 is 44.9 Å². The number of benzene rings is 1. The highest BCUT2D eigenvalue weighted by molar-refractivity contribution is 7.18. The lowest BCUT2D eigenvalue weighted by Gasteiger charge is -2.38. The van der Waals surface area contributed by atoms with Crippen molar-refractivity contribution in [2.75, 3.05) is 44.8 Å². The lowest BCUT2D eigenvalue weighted by atomic mass is 9.89. The van der Waals surface area contributed by atoms with Crippen molar-refractivity contribution in [3.05, 3.63) is 41.0 Å². The number of carbonyl (C=O) groups excluding carboxylic acids is 2. The van der Waals surface area contributed by atoms with E-state index in [4.69, 9.17) is 15.5 Å². The first kappa shape index (κ1) is 25.4. The van der Waals surface area contributed by atoms with Crippen LogP contribution in [0, 0.1) is 5.92 Å². The van der Waals surface area contributed by atoms with Crippen LogP contribution in [0.25, 0.3) is 10.2 Å². The third-order valence-electron chi connectivity index (χ3n) is 7.51. The van der Waals surface area contributed by atoms with Crippen molar-refractivity contribution in [3.63, 3.8) is 0 Å². The molecule has 2 aliphatic rings. The number of ether oxygens (including phenoxy) is 1. The molecule has 3 aromatic rings. The Labute approximate surface area is 221 Å². The van der Waals surface area contributed by atoms with Gasteiger partial charge in [-0.2, -0.15) is 0 Å². The van der Waals surface area contributed by atoms with Gasteiger partial charge in [0.15, 0.2) is 11.6 Å². The summed E-state index contributed by atoms with van der Waals surface area (Å²) in [7, 11) is 3.64. The van der Waals surface area contributed by atoms with Gasteiger partial charge in [-0.25, -0.2) is 9.97 Å². The van der Waals surface area contributed by atoms with Crippen LogP contribution >= 0.6 is 11.3 Å². The molecule has 2 atom stereocenters. The number of carbonyl (C=O) groups is 2. The minimum Gasteiger partial charge on any atom is -0.493 e. The molecule has 2 aromatic heterocycles. The Morgan fingerprint density at radius 1 is 1.16 bits per heavy atom. The molecule has 196 valence electrons. The topological polar surface area (TPSA) is 114 Å².